The molecule has 2 aromatic carbocycles. The number of anilines is 2. The molecular weight excluding hydrogens is 436 g/mol. The van der Waals surface area contributed by atoms with E-state index in [2.05, 4.69) is 22.2 Å². The van der Waals surface area contributed by atoms with E-state index in [1.54, 1.807) is 25.2 Å². The standard InChI is InChI=1S/C25H34N4O3S/c1-27-15-17-29(18-16-27)24-14-7-6-13-23(24)26-25(30)20-9-8-12-22(19-20)33(31,32)28(2)21-10-4-3-5-11-21/h6-9,12-14,19,21H,3-5,10-11,15-18H2,1-2H3,(H,26,30). The highest BCUT2D eigenvalue weighted by Gasteiger charge is 2.29. The molecule has 0 radical (unpaired) electrons. The number of likely N-dealkylation sites (N-methyl/N-ethyl adjacent to an activating group) is 1. The number of benzene rings is 2. The third-order valence-electron chi connectivity index (χ3n) is 6.86. The molecule has 33 heavy (non-hydrogen) atoms. The zero-order valence-electron chi connectivity index (χ0n) is 19.5. The lowest BCUT2D eigenvalue weighted by atomic mass is 9.96. The first-order valence-electron chi connectivity index (χ1n) is 11.8. The molecule has 2 aromatic rings. The number of nitrogens with zero attached hydrogens (tertiary/aromatic N) is 3. The lowest BCUT2D eigenvalue weighted by molar-refractivity contribution is 0.102. The van der Waals surface area contributed by atoms with E-state index >= 15 is 0 Å². The quantitative estimate of drug-likeness (QED) is 0.698. The van der Waals surface area contributed by atoms with Crippen LogP contribution in [0.15, 0.2) is 53.4 Å². The summed E-state index contributed by atoms with van der Waals surface area (Å²) in [6.45, 7) is 3.72. The third kappa shape index (κ3) is 5.39. The van der Waals surface area contributed by atoms with Crippen LogP contribution in [0.5, 0.6) is 0 Å². The number of hydrogen-bond donors (Lipinski definition) is 1. The fourth-order valence-electron chi connectivity index (χ4n) is 4.70. The molecule has 1 heterocycles. The summed E-state index contributed by atoms with van der Waals surface area (Å²) < 4.78 is 28.0. The number of hydrogen-bond acceptors (Lipinski definition) is 5. The molecule has 8 heteroatoms. The second kappa shape index (κ2) is 10.2. The summed E-state index contributed by atoms with van der Waals surface area (Å²) in [4.78, 5) is 17.8. The van der Waals surface area contributed by atoms with Crippen LogP contribution in [0, 0.1) is 0 Å². The lowest BCUT2D eigenvalue weighted by Crippen LogP contribution is -2.44. The van der Waals surface area contributed by atoms with Crippen molar-refractivity contribution in [1.82, 2.24) is 9.21 Å². The largest absolute Gasteiger partial charge is 0.367 e. The first-order valence-corrected chi connectivity index (χ1v) is 13.2. The number of para-hydroxylation sites is 2. The summed E-state index contributed by atoms with van der Waals surface area (Å²) in [5.74, 6) is -0.311. The highest BCUT2D eigenvalue weighted by Crippen LogP contribution is 2.29. The van der Waals surface area contributed by atoms with Gasteiger partial charge < -0.3 is 15.1 Å². The third-order valence-corrected chi connectivity index (χ3v) is 8.76. The Morgan fingerprint density at radius 1 is 0.970 bits per heavy atom. The van der Waals surface area contributed by atoms with Crippen molar-refractivity contribution in [2.45, 2.75) is 43.0 Å². The molecule has 1 saturated carbocycles. The van der Waals surface area contributed by atoms with Crippen LogP contribution in [-0.2, 0) is 10.0 Å². The summed E-state index contributed by atoms with van der Waals surface area (Å²) in [5.41, 5.74) is 2.06. The Morgan fingerprint density at radius 3 is 2.39 bits per heavy atom. The van der Waals surface area contributed by atoms with Gasteiger partial charge in [0, 0.05) is 44.8 Å². The van der Waals surface area contributed by atoms with E-state index in [-0.39, 0.29) is 16.8 Å². The van der Waals surface area contributed by atoms with Crippen molar-refractivity contribution in [3.8, 4) is 0 Å². The summed E-state index contributed by atoms with van der Waals surface area (Å²) >= 11 is 0. The molecule has 7 nitrogen and oxygen atoms in total. The smallest absolute Gasteiger partial charge is 0.255 e. The molecule has 0 unspecified atom stereocenters. The summed E-state index contributed by atoms with van der Waals surface area (Å²) in [5, 5.41) is 3.00. The van der Waals surface area contributed by atoms with E-state index in [4.69, 9.17) is 0 Å². The van der Waals surface area contributed by atoms with Crippen LogP contribution in [0.4, 0.5) is 11.4 Å². The molecule has 1 saturated heterocycles. The number of nitrogens with one attached hydrogen (secondary N) is 1. The van der Waals surface area contributed by atoms with Gasteiger partial charge in [0.1, 0.15) is 0 Å². The van der Waals surface area contributed by atoms with Crippen LogP contribution in [0.3, 0.4) is 0 Å². The van der Waals surface area contributed by atoms with Crippen molar-refractivity contribution in [2.75, 3.05) is 50.5 Å². The van der Waals surface area contributed by atoms with Crippen molar-refractivity contribution in [2.24, 2.45) is 0 Å². The van der Waals surface area contributed by atoms with Crippen LogP contribution in [0.2, 0.25) is 0 Å². The number of amides is 1. The Kier molecular flexibility index (Phi) is 7.36. The van der Waals surface area contributed by atoms with Crippen LogP contribution in [-0.4, -0.2) is 69.8 Å². The van der Waals surface area contributed by atoms with Gasteiger partial charge in [-0.3, -0.25) is 4.79 Å². The molecule has 0 bridgehead atoms. The van der Waals surface area contributed by atoms with Crippen LogP contribution < -0.4 is 10.2 Å². The minimum atomic E-state index is -3.66. The van der Waals surface area contributed by atoms with Gasteiger partial charge in [-0.05, 0) is 50.2 Å². The van der Waals surface area contributed by atoms with Gasteiger partial charge in [-0.1, -0.05) is 37.5 Å². The highest BCUT2D eigenvalue weighted by atomic mass is 32.2. The molecule has 2 aliphatic rings. The van der Waals surface area contributed by atoms with E-state index in [1.807, 2.05) is 24.3 Å². The van der Waals surface area contributed by atoms with Gasteiger partial charge in [-0.25, -0.2) is 8.42 Å². The van der Waals surface area contributed by atoms with E-state index in [1.165, 1.54) is 10.4 Å². The second-order valence-corrected chi connectivity index (χ2v) is 11.1. The molecule has 1 aliphatic carbocycles. The topological polar surface area (TPSA) is 73.0 Å². The van der Waals surface area contributed by atoms with Gasteiger partial charge in [0.05, 0.1) is 16.3 Å². The van der Waals surface area contributed by atoms with Gasteiger partial charge in [-0.15, -0.1) is 0 Å². The molecule has 2 fully saturated rings. The Labute approximate surface area is 197 Å². The zero-order valence-corrected chi connectivity index (χ0v) is 20.4. The first kappa shape index (κ1) is 23.7. The molecule has 0 atom stereocenters. The van der Waals surface area contributed by atoms with E-state index in [9.17, 15) is 13.2 Å². The normalized spacial score (nSPS) is 18.5. The number of sulfonamides is 1. The second-order valence-electron chi connectivity index (χ2n) is 9.10. The van der Waals surface area contributed by atoms with Crippen molar-refractivity contribution in [1.29, 1.82) is 0 Å². The Balaban J connectivity index is 1.52. The summed E-state index contributed by atoms with van der Waals surface area (Å²) in [6, 6.07) is 14.2. The maximum atomic E-state index is 13.2. The van der Waals surface area contributed by atoms with Crippen LogP contribution in [0.25, 0.3) is 0 Å². The molecule has 0 spiro atoms. The predicted molar refractivity (Wildman–Crippen MR) is 132 cm³/mol. The Bertz CT molecular complexity index is 1070. The maximum Gasteiger partial charge on any atom is 0.255 e. The Hall–Kier alpha value is -2.42. The molecule has 0 aromatic heterocycles. The minimum absolute atomic E-state index is 0.0247. The number of piperazine rings is 1. The van der Waals surface area contributed by atoms with Gasteiger partial charge >= 0.3 is 0 Å². The van der Waals surface area contributed by atoms with Crippen molar-refractivity contribution in [3.63, 3.8) is 0 Å². The molecular formula is C25H34N4O3S. The summed E-state index contributed by atoms with van der Waals surface area (Å²) in [7, 11) is 0.108. The van der Waals surface area contributed by atoms with Gasteiger partial charge in [-0.2, -0.15) is 4.31 Å². The average Bonchev–Trinajstić information content (AvgIpc) is 2.85. The zero-order chi connectivity index (χ0) is 23.4. The van der Waals surface area contributed by atoms with E-state index in [0.29, 0.717) is 5.56 Å². The van der Waals surface area contributed by atoms with Crippen LogP contribution in [0.1, 0.15) is 42.5 Å². The molecule has 1 N–H and O–H groups in total. The van der Waals surface area contributed by atoms with Crippen molar-refractivity contribution < 1.29 is 13.2 Å². The number of carbonyl (C=O) groups excluding carboxylic acids is 1. The van der Waals surface area contributed by atoms with E-state index < -0.39 is 10.0 Å². The lowest BCUT2D eigenvalue weighted by Gasteiger charge is -2.35. The number of carbonyl (C=O) groups is 1. The SMILES string of the molecule is CN1CCN(c2ccccc2NC(=O)c2cccc(S(=O)(=O)N(C)C3CCCCC3)c2)CC1. The highest BCUT2D eigenvalue weighted by molar-refractivity contribution is 7.89. The predicted octanol–water partition coefficient (Wildman–Crippen LogP) is 3.64. The maximum absolute atomic E-state index is 13.2. The molecule has 1 amide bonds. The molecule has 1 aliphatic heterocycles. The molecule has 178 valence electrons. The fourth-order valence-corrected chi connectivity index (χ4v) is 6.16. The first-order chi connectivity index (χ1) is 15.9. The van der Waals surface area contributed by atoms with Gasteiger partial charge in [0.25, 0.3) is 5.91 Å². The minimum Gasteiger partial charge on any atom is -0.367 e. The van der Waals surface area contributed by atoms with Crippen molar-refractivity contribution in [3.05, 3.63) is 54.1 Å². The van der Waals surface area contributed by atoms with Gasteiger partial charge in [0.15, 0.2) is 0 Å². The number of rotatable bonds is 6. The van der Waals surface area contributed by atoms with Crippen LogP contribution >= 0.6 is 0 Å². The average molecular weight is 471 g/mol. The fraction of sp³-hybridized carbons (Fsp3) is 0.480. The molecule has 4 rings (SSSR count). The van der Waals surface area contributed by atoms with Gasteiger partial charge in [0.2, 0.25) is 10.0 Å². The Morgan fingerprint density at radius 2 is 1.67 bits per heavy atom. The summed E-state index contributed by atoms with van der Waals surface area (Å²) in [6.07, 6.45) is 5.05. The van der Waals surface area contributed by atoms with E-state index in [0.717, 1.165) is 69.7 Å². The monoisotopic (exact) mass is 470 g/mol. The van der Waals surface area contributed by atoms with Crippen molar-refractivity contribution >= 4 is 27.3 Å².